The van der Waals surface area contributed by atoms with E-state index in [2.05, 4.69) is 0 Å². The van der Waals surface area contributed by atoms with Crippen LogP contribution in [0.3, 0.4) is 0 Å². The molecule has 0 saturated carbocycles. The van der Waals surface area contributed by atoms with Crippen molar-refractivity contribution in [1.29, 1.82) is 0 Å². The SMILES string of the molecule is O=C(c1ccco1)N1CCN(S(=O)(=O)Cc2ccc(Cl)c(Cl)c2)CC1. The van der Waals surface area contributed by atoms with E-state index in [0.717, 1.165) is 0 Å². The molecule has 0 N–H and O–H groups in total. The maximum absolute atomic E-state index is 12.6. The minimum absolute atomic E-state index is 0.157. The van der Waals surface area contributed by atoms with Crippen molar-refractivity contribution in [2.75, 3.05) is 26.2 Å². The molecule has 9 heteroatoms. The highest BCUT2D eigenvalue weighted by atomic mass is 35.5. The molecule has 1 fully saturated rings. The average molecular weight is 403 g/mol. The van der Waals surface area contributed by atoms with Crippen LogP contribution < -0.4 is 0 Å². The molecule has 1 amide bonds. The summed E-state index contributed by atoms with van der Waals surface area (Å²) in [4.78, 5) is 13.8. The predicted molar refractivity (Wildman–Crippen MR) is 95.3 cm³/mol. The van der Waals surface area contributed by atoms with E-state index in [1.807, 2.05) is 0 Å². The van der Waals surface area contributed by atoms with E-state index in [1.54, 1.807) is 35.2 Å². The molecule has 134 valence electrons. The molecule has 6 nitrogen and oxygen atoms in total. The van der Waals surface area contributed by atoms with Crippen molar-refractivity contribution in [1.82, 2.24) is 9.21 Å². The molecule has 2 aromatic rings. The lowest BCUT2D eigenvalue weighted by Gasteiger charge is -2.33. The molecule has 1 aromatic heterocycles. The number of nitrogens with zero attached hydrogens (tertiary/aromatic N) is 2. The van der Waals surface area contributed by atoms with Gasteiger partial charge in [-0.25, -0.2) is 8.42 Å². The number of hydrogen-bond acceptors (Lipinski definition) is 4. The third kappa shape index (κ3) is 4.17. The van der Waals surface area contributed by atoms with Gasteiger partial charge in [0.25, 0.3) is 5.91 Å². The van der Waals surface area contributed by atoms with Gasteiger partial charge in [0.2, 0.25) is 10.0 Å². The van der Waals surface area contributed by atoms with E-state index in [-0.39, 0.29) is 30.5 Å². The summed E-state index contributed by atoms with van der Waals surface area (Å²) in [7, 11) is -3.50. The molecule has 3 rings (SSSR count). The number of hydrogen-bond donors (Lipinski definition) is 0. The van der Waals surface area contributed by atoms with Crippen molar-refractivity contribution in [3.63, 3.8) is 0 Å². The number of sulfonamides is 1. The van der Waals surface area contributed by atoms with Crippen molar-refractivity contribution >= 4 is 39.1 Å². The molecular weight excluding hydrogens is 387 g/mol. The Kier molecular flexibility index (Phi) is 5.38. The third-order valence-corrected chi connectivity index (χ3v) is 6.57. The first-order chi connectivity index (χ1) is 11.9. The van der Waals surface area contributed by atoms with Gasteiger partial charge in [-0.2, -0.15) is 4.31 Å². The van der Waals surface area contributed by atoms with Crippen LogP contribution in [-0.2, 0) is 15.8 Å². The molecule has 1 aromatic carbocycles. The summed E-state index contributed by atoms with van der Waals surface area (Å²) in [6.45, 7) is 1.13. The first-order valence-electron chi connectivity index (χ1n) is 7.61. The zero-order chi connectivity index (χ0) is 18.0. The molecule has 0 spiro atoms. The molecule has 0 bridgehead atoms. The second-order valence-electron chi connectivity index (χ2n) is 5.67. The highest BCUT2D eigenvalue weighted by molar-refractivity contribution is 7.88. The van der Waals surface area contributed by atoms with Crippen LogP contribution in [0.25, 0.3) is 0 Å². The summed E-state index contributed by atoms with van der Waals surface area (Å²) in [5.41, 5.74) is 0.573. The van der Waals surface area contributed by atoms with Crippen LogP contribution in [-0.4, -0.2) is 49.7 Å². The number of amides is 1. The zero-order valence-electron chi connectivity index (χ0n) is 13.2. The van der Waals surface area contributed by atoms with E-state index in [9.17, 15) is 13.2 Å². The van der Waals surface area contributed by atoms with Crippen LogP contribution >= 0.6 is 23.2 Å². The van der Waals surface area contributed by atoms with Crippen molar-refractivity contribution in [3.05, 3.63) is 58.0 Å². The monoisotopic (exact) mass is 402 g/mol. The topological polar surface area (TPSA) is 70.8 Å². The number of carbonyl (C=O) groups excluding carboxylic acids is 1. The van der Waals surface area contributed by atoms with Gasteiger partial charge in [0.05, 0.1) is 22.1 Å². The van der Waals surface area contributed by atoms with Crippen LogP contribution in [0, 0.1) is 0 Å². The molecule has 1 aliphatic rings. The summed E-state index contributed by atoms with van der Waals surface area (Å²) in [6, 6.07) is 8.01. The van der Waals surface area contributed by atoms with Crippen molar-refractivity contribution in [2.24, 2.45) is 0 Å². The number of benzene rings is 1. The lowest BCUT2D eigenvalue weighted by molar-refractivity contribution is 0.0666. The minimum Gasteiger partial charge on any atom is -0.459 e. The van der Waals surface area contributed by atoms with Gasteiger partial charge in [-0.1, -0.05) is 29.3 Å². The van der Waals surface area contributed by atoms with Crippen LogP contribution in [0.15, 0.2) is 41.0 Å². The van der Waals surface area contributed by atoms with Gasteiger partial charge in [-0.3, -0.25) is 4.79 Å². The fraction of sp³-hybridized carbons (Fsp3) is 0.312. The quantitative estimate of drug-likeness (QED) is 0.787. The summed E-state index contributed by atoms with van der Waals surface area (Å²) < 4.78 is 31.7. The Labute approximate surface area is 156 Å². The van der Waals surface area contributed by atoms with Gasteiger partial charge in [0, 0.05) is 26.2 Å². The number of carbonyl (C=O) groups is 1. The zero-order valence-corrected chi connectivity index (χ0v) is 15.5. The van der Waals surface area contributed by atoms with Gasteiger partial charge >= 0.3 is 0 Å². The van der Waals surface area contributed by atoms with Gasteiger partial charge in [0.1, 0.15) is 0 Å². The van der Waals surface area contributed by atoms with Crippen LogP contribution in [0.2, 0.25) is 10.0 Å². The Morgan fingerprint density at radius 3 is 2.40 bits per heavy atom. The van der Waals surface area contributed by atoms with Crippen LogP contribution in [0.5, 0.6) is 0 Å². The fourth-order valence-electron chi connectivity index (χ4n) is 2.66. The van der Waals surface area contributed by atoms with Gasteiger partial charge in [-0.05, 0) is 29.8 Å². The van der Waals surface area contributed by atoms with E-state index < -0.39 is 10.0 Å². The third-order valence-electron chi connectivity index (χ3n) is 3.98. The van der Waals surface area contributed by atoms with Crippen molar-refractivity contribution < 1.29 is 17.6 Å². The van der Waals surface area contributed by atoms with Crippen LogP contribution in [0.1, 0.15) is 16.1 Å². The van der Waals surface area contributed by atoms with E-state index >= 15 is 0 Å². The normalized spacial score (nSPS) is 16.2. The Hall–Kier alpha value is -1.54. The summed E-state index contributed by atoms with van der Waals surface area (Å²) in [6.07, 6.45) is 1.44. The fourth-order valence-corrected chi connectivity index (χ4v) is 4.48. The van der Waals surface area contributed by atoms with Gasteiger partial charge in [0.15, 0.2) is 5.76 Å². The summed E-state index contributed by atoms with van der Waals surface area (Å²) >= 11 is 11.8. The Morgan fingerprint density at radius 2 is 1.80 bits per heavy atom. The Bertz CT molecular complexity index is 860. The molecule has 0 aliphatic carbocycles. The Morgan fingerprint density at radius 1 is 1.08 bits per heavy atom. The minimum atomic E-state index is -3.50. The second kappa shape index (κ2) is 7.37. The number of piperazine rings is 1. The molecule has 1 saturated heterocycles. The Balaban J connectivity index is 1.63. The molecule has 25 heavy (non-hydrogen) atoms. The van der Waals surface area contributed by atoms with Crippen LogP contribution in [0.4, 0.5) is 0 Å². The average Bonchev–Trinajstić information content (AvgIpc) is 3.12. The lowest BCUT2D eigenvalue weighted by atomic mass is 10.2. The summed E-state index contributed by atoms with van der Waals surface area (Å²) in [5, 5.41) is 0.705. The highest BCUT2D eigenvalue weighted by Crippen LogP contribution is 2.24. The molecule has 2 heterocycles. The van der Waals surface area contributed by atoms with Crippen molar-refractivity contribution in [2.45, 2.75) is 5.75 Å². The molecular formula is C16H16Cl2N2O4S. The summed E-state index contributed by atoms with van der Waals surface area (Å²) in [5.74, 6) is -0.130. The van der Waals surface area contributed by atoms with E-state index in [1.165, 1.54) is 10.6 Å². The first-order valence-corrected chi connectivity index (χ1v) is 9.98. The second-order valence-corrected chi connectivity index (χ2v) is 8.46. The first kappa shape index (κ1) is 18.3. The predicted octanol–water partition coefficient (Wildman–Crippen LogP) is 2.87. The molecule has 0 radical (unpaired) electrons. The lowest BCUT2D eigenvalue weighted by Crippen LogP contribution is -2.50. The smallest absolute Gasteiger partial charge is 0.289 e. The van der Waals surface area contributed by atoms with Gasteiger partial charge < -0.3 is 9.32 Å². The maximum Gasteiger partial charge on any atom is 0.289 e. The molecule has 1 aliphatic heterocycles. The highest BCUT2D eigenvalue weighted by Gasteiger charge is 2.30. The van der Waals surface area contributed by atoms with Crippen molar-refractivity contribution in [3.8, 4) is 0 Å². The molecule has 0 unspecified atom stereocenters. The largest absolute Gasteiger partial charge is 0.459 e. The molecule has 0 atom stereocenters. The maximum atomic E-state index is 12.6. The van der Waals surface area contributed by atoms with E-state index in [4.69, 9.17) is 27.6 Å². The van der Waals surface area contributed by atoms with Gasteiger partial charge in [-0.15, -0.1) is 0 Å². The van der Waals surface area contributed by atoms with E-state index in [0.29, 0.717) is 28.7 Å². The number of furan rings is 1. The number of rotatable bonds is 4. The standard InChI is InChI=1S/C16H16Cl2N2O4S/c17-13-4-3-12(10-14(13)18)11-25(22,23)20-7-5-19(6-8-20)16(21)15-2-1-9-24-15/h1-4,9-10H,5-8,11H2. The number of halogens is 2.